The number of carbonyl (C=O) groups is 1. The summed E-state index contributed by atoms with van der Waals surface area (Å²) in [6.45, 7) is 1.51. The van der Waals surface area contributed by atoms with Gasteiger partial charge in [-0.2, -0.15) is 0 Å². The number of aliphatic hydroxyl groups is 2. The first-order valence-electron chi connectivity index (χ1n) is 5.13. The number of nitrogens with one attached hydrogen (secondary N) is 2. The van der Waals surface area contributed by atoms with Crippen LogP contribution in [0.3, 0.4) is 0 Å². The molecule has 0 fully saturated rings. The monoisotopic (exact) mass is 302 g/mol. The lowest BCUT2D eigenvalue weighted by Crippen LogP contribution is -2.36. The maximum absolute atomic E-state index is 11.5. The Morgan fingerprint density at radius 2 is 2.24 bits per heavy atom. The average molecular weight is 303 g/mol. The number of rotatable bonds is 4. The number of anilines is 1. The third-order valence-electron chi connectivity index (χ3n) is 2.16. The molecule has 4 N–H and O–H groups in total. The van der Waals surface area contributed by atoms with Crippen molar-refractivity contribution in [1.82, 2.24) is 5.32 Å². The highest BCUT2D eigenvalue weighted by atomic mass is 79.9. The molecular weight excluding hydrogens is 288 g/mol. The van der Waals surface area contributed by atoms with Crippen LogP contribution < -0.4 is 10.6 Å². The van der Waals surface area contributed by atoms with E-state index in [9.17, 15) is 4.79 Å². The van der Waals surface area contributed by atoms with Gasteiger partial charge >= 0.3 is 6.03 Å². The zero-order valence-corrected chi connectivity index (χ0v) is 11.0. The van der Waals surface area contributed by atoms with Crippen LogP contribution in [0.1, 0.15) is 5.56 Å². The van der Waals surface area contributed by atoms with E-state index < -0.39 is 12.1 Å². The molecular formula is C11H15BrN2O3. The van der Waals surface area contributed by atoms with Crippen LogP contribution in [0.15, 0.2) is 22.7 Å². The van der Waals surface area contributed by atoms with Crippen molar-refractivity contribution in [2.75, 3.05) is 18.5 Å². The minimum absolute atomic E-state index is 0.00931. The van der Waals surface area contributed by atoms with Crippen LogP contribution in [0.25, 0.3) is 0 Å². The van der Waals surface area contributed by atoms with Crippen LogP contribution in [0.2, 0.25) is 0 Å². The number of amides is 2. The van der Waals surface area contributed by atoms with Crippen molar-refractivity contribution >= 4 is 27.6 Å². The largest absolute Gasteiger partial charge is 0.394 e. The summed E-state index contributed by atoms with van der Waals surface area (Å²) in [5, 5.41) is 22.8. The minimum atomic E-state index is -0.940. The van der Waals surface area contributed by atoms with Gasteiger partial charge in [0.25, 0.3) is 0 Å². The van der Waals surface area contributed by atoms with E-state index in [-0.39, 0.29) is 13.2 Å². The Morgan fingerprint density at radius 1 is 1.53 bits per heavy atom. The summed E-state index contributed by atoms with van der Waals surface area (Å²) in [5.41, 5.74) is 1.63. The highest BCUT2D eigenvalue weighted by Gasteiger charge is 2.07. The molecule has 1 aromatic carbocycles. The van der Waals surface area contributed by atoms with Crippen molar-refractivity contribution in [3.8, 4) is 0 Å². The van der Waals surface area contributed by atoms with Gasteiger partial charge in [0.1, 0.15) is 0 Å². The van der Waals surface area contributed by atoms with E-state index >= 15 is 0 Å². The highest BCUT2D eigenvalue weighted by Crippen LogP contribution is 2.20. The summed E-state index contributed by atoms with van der Waals surface area (Å²) < 4.78 is 0.869. The van der Waals surface area contributed by atoms with Gasteiger partial charge in [0.05, 0.1) is 12.7 Å². The number of hydrogen-bond donors (Lipinski definition) is 4. The predicted octanol–water partition coefficient (Wildman–Crippen LogP) is 1.23. The molecule has 6 heteroatoms. The van der Waals surface area contributed by atoms with Gasteiger partial charge < -0.3 is 20.8 Å². The van der Waals surface area contributed by atoms with Gasteiger partial charge in [-0.05, 0) is 24.6 Å². The summed E-state index contributed by atoms with van der Waals surface area (Å²) in [5.74, 6) is 0. The number of halogens is 1. The molecule has 0 aromatic heterocycles. The van der Waals surface area contributed by atoms with E-state index in [4.69, 9.17) is 10.2 Å². The summed E-state index contributed by atoms with van der Waals surface area (Å²) in [6, 6.07) is 5.13. The molecule has 5 nitrogen and oxygen atoms in total. The van der Waals surface area contributed by atoms with E-state index in [1.807, 2.05) is 19.1 Å². The van der Waals surface area contributed by atoms with Crippen molar-refractivity contribution in [2.24, 2.45) is 0 Å². The van der Waals surface area contributed by atoms with Gasteiger partial charge in [0.2, 0.25) is 0 Å². The molecule has 1 rings (SSSR count). The van der Waals surface area contributed by atoms with E-state index in [1.165, 1.54) is 0 Å². The molecule has 0 aliphatic carbocycles. The van der Waals surface area contributed by atoms with Gasteiger partial charge in [0.15, 0.2) is 0 Å². The molecule has 0 aliphatic heterocycles. The molecule has 0 aliphatic rings. The highest BCUT2D eigenvalue weighted by molar-refractivity contribution is 9.10. The van der Waals surface area contributed by atoms with Crippen LogP contribution >= 0.6 is 15.9 Å². The van der Waals surface area contributed by atoms with Gasteiger partial charge in [-0.25, -0.2) is 4.79 Å². The molecule has 17 heavy (non-hydrogen) atoms. The molecule has 0 bridgehead atoms. The number of urea groups is 1. The summed E-state index contributed by atoms with van der Waals surface area (Å²) in [4.78, 5) is 11.5. The SMILES string of the molecule is Cc1ccc(Br)cc1NC(=O)NC[C@@H](O)CO. The Morgan fingerprint density at radius 3 is 2.88 bits per heavy atom. The molecule has 0 spiro atoms. The Hall–Kier alpha value is -1.11. The number of aryl methyl sites for hydroxylation is 1. The van der Waals surface area contributed by atoms with E-state index in [1.54, 1.807) is 6.07 Å². The summed E-state index contributed by atoms with van der Waals surface area (Å²) in [7, 11) is 0. The number of hydrogen-bond acceptors (Lipinski definition) is 3. The van der Waals surface area contributed by atoms with Crippen LogP contribution in [0.4, 0.5) is 10.5 Å². The lowest BCUT2D eigenvalue weighted by molar-refractivity contribution is 0.0965. The maximum Gasteiger partial charge on any atom is 0.319 e. The minimum Gasteiger partial charge on any atom is -0.394 e. The normalized spacial score (nSPS) is 12.0. The Kier molecular flexibility index (Phi) is 5.40. The zero-order chi connectivity index (χ0) is 12.8. The van der Waals surface area contributed by atoms with Crippen molar-refractivity contribution in [3.05, 3.63) is 28.2 Å². The van der Waals surface area contributed by atoms with Crippen LogP contribution in [-0.2, 0) is 0 Å². The fourth-order valence-electron chi connectivity index (χ4n) is 1.17. The maximum atomic E-state index is 11.5. The third-order valence-corrected chi connectivity index (χ3v) is 2.65. The average Bonchev–Trinajstić information content (AvgIpc) is 2.30. The molecule has 94 valence electrons. The van der Waals surface area contributed by atoms with Gasteiger partial charge in [0, 0.05) is 16.7 Å². The Bertz CT molecular complexity index is 398. The first-order chi connectivity index (χ1) is 8.02. The molecule has 0 saturated heterocycles. The number of benzene rings is 1. The second kappa shape index (κ2) is 6.58. The van der Waals surface area contributed by atoms with Crippen LogP contribution in [-0.4, -0.2) is 35.5 Å². The topological polar surface area (TPSA) is 81.6 Å². The molecule has 1 aromatic rings. The Balaban J connectivity index is 2.53. The van der Waals surface area contributed by atoms with Crippen LogP contribution in [0, 0.1) is 6.92 Å². The standard InChI is InChI=1S/C11H15BrN2O3/c1-7-2-3-8(12)4-10(7)14-11(17)13-5-9(16)6-15/h2-4,9,15-16H,5-6H2,1H3,(H2,13,14,17)/t9-/m1/s1. The van der Waals surface area contributed by atoms with Crippen LogP contribution in [0.5, 0.6) is 0 Å². The fraction of sp³-hybridized carbons (Fsp3) is 0.364. The van der Waals surface area contributed by atoms with E-state index in [0.29, 0.717) is 5.69 Å². The lowest BCUT2D eigenvalue weighted by Gasteiger charge is -2.12. The fourth-order valence-corrected chi connectivity index (χ4v) is 1.53. The molecule has 1 atom stereocenters. The quantitative estimate of drug-likeness (QED) is 0.675. The molecule has 0 radical (unpaired) electrons. The molecule has 0 saturated carbocycles. The predicted molar refractivity (Wildman–Crippen MR) is 69.0 cm³/mol. The van der Waals surface area contributed by atoms with E-state index in [2.05, 4.69) is 26.6 Å². The van der Waals surface area contributed by atoms with Gasteiger partial charge in [-0.15, -0.1) is 0 Å². The second-order valence-electron chi connectivity index (χ2n) is 3.63. The smallest absolute Gasteiger partial charge is 0.319 e. The number of carbonyl (C=O) groups excluding carboxylic acids is 1. The van der Waals surface area contributed by atoms with Crippen molar-refractivity contribution in [3.63, 3.8) is 0 Å². The first kappa shape index (κ1) is 14.0. The molecule has 0 heterocycles. The summed E-state index contributed by atoms with van der Waals surface area (Å²) in [6.07, 6.45) is -0.940. The molecule has 2 amide bonds. The lowest BCUT2D eigenvalue weighted by atomic mass is 10.2. The summed E-state index contributed by atoms with van der Waals surface area (Å²) >= 11 is 3.31. The van der Waals surface area contributed by atoms with Gasteiger partial charge in [-0.3, -0.25) is 0 Å². The van der Waals surface area contributed by atoms with Gasteiger partial charge in [-0.1, -0.05) is 22.0 Å². The second-order valence-corrected chi connectivity index (χ2v) is 4.55. The first-order valence-corrected chi connectivity index (χ1v) is 5.92. The Labute approximate surface area is 108 Å². The number of aliphatic hydroxyl groups excluding tert-OH is 2. The van der Waals surface area contributed by atoms with Crippen molar-refractivity contribution in [2.45, 2.75) is 13.0 Å². The van der Waals surface area contributed by atoms with Crippen molar-refractivity contribution < 1.29 is 15.0 Å². The molecule has 0 unspecified atom stereocenters. The van der Waals surface area contributed by atoms with E-state index in [0.717, 1.165) is 10.0 Å². The third kappa shape index (κ3) is 4.72. The zero-order valence-electron chi connectivity index (χ0n) is 9.40. The van der Waals surface area contributed by atoms with Crippen molar-refractivity contribution in [1.29, 1.82) is 0 Å².